The Morgan fingerprint density at radius 3 is 2.58 bits per heavy atom. The molecule has 1 amide bonds. The quantitative estimate of drug-likeness (QED) is 0.802. The maximum atomic E-state index is 12.0. The first kappa shape index (κ1) is 15.2. The van der Waals surface area contributed by atoms with E-state index in [1.165, 1.54) is 0 Å². The zero-order valence-corrected chi connectivity index (χ0v) is 11.7. The van der Waals surface area contributed by atoms with Crippen molar-refractivity contribution in [1.82, 2.24) is 0 Å². The predicted octanol–water partition coefficient (Wildman–Crippen LogP) is 3.24. The largest absolute Gasteiger partial charge is 0.462 e. The van der Waals surface area contributed by atoms with Crippen LogP contribution in [0.5, 0.6) is 0 Å². The average Bonchev–Trinajstić information content (AvgIpc) is 2.39. The summed E-state index contributed by atoms with van der Waals surface area (Å²) in [7, 11) is 0. The van der Waals surface area contributed by atoms with Crippen molar-refractivity contribution in [2.45, 2.75) is 33.6 Å². The van der Waals surface area contributed by atoms with Gasteiger partial charge in [0.25, 0.3) is 0 Å². The first-order chi connectivity index (χ1) is 9.10. The molecule has 0 aliphatic heterocycles. The van der Waals surface area contributed by atoms with Crippen LogP contribution < -0.4 is 5.32 Å². The Balaban J connectivity index is 2.83. The molecular weight excluding hydrogens is 242 g/mol. The number of ether oxygens (including phenoxy) is 1. The highest BCUT2D eigenvalue weighted by atomic mass is 16.5. The molecule has 1 aromatic carbocycles. The lowest BCUT2D eigenvalue weighted by Crippen LogP contribution is -2.22. The van der Waals surface area contributed by atoms with E-state index in [2.05, 4.69) is 5.32 Å². The SMILES string of the molecule is CCC[C@H](C)C(=O)Nc1ccccc1C(=O)OCC. The van der Waals surface area contributed by atoms with Gasteiger partial charge in [0.1, 0.15) is 0 Å². The topological polar surface area (TPSA) is 55.4 Å². The summed E-state index contributed by atoms with van der Waals surface area (Å²) >= 11 is 0. The van der Waals surface area contributed by atoms with Gasteiger partial charge in [-0.3, -0.25) is 4.79 Å². The number of benzene rings is 1. The Labute approximate surface area is 114 Å². The molecule has 1 aromatic rings. The molecule has 1 N–H and O–H groups in total. The van der Waals surface area contributed by atoms with Crippen LogP contribution in [0.2, 0.25) is 0 Å². The standard InChI is InChI=1S/C15H21NO3/c1-4-8-11(3)14(17)16-13-10-7-6-9-12(13)15(18)19-5-2/h6-7,9-11H,4-5,8H2,1-3H3,(H,16,17)/t11-/m0/s1. The van der Waals surface area contributed by atoms with Gasteiger partial charge in [-0.05, 0) is 25.5 Å². The van der Waals surface area contributed by atoms with E-state index in [-0.39, 0.29) is 11.8 Å². The second-order valence-corrected chi connectivity index (χ2v) is 4.45. The second-order valence-electron chi connectivity index (χ2n) is 4.45. The summed E-state index contributed by atoms with van der Waals surface area (Å²) in [4.78, 5) is 23.7. The van der Waals surface area contributed by atoms with Gasteiger partial charge in [-0.15, -0.1) is 0 Å². The molecule has 0 heterocycles. The van der Waals surface area contributed by atoms with Crippen LogP contribution in [0.4, 0.5) is 5.69 Å². The number of carbonyl (C=O) groups excluding carboxylic acids is 2. The van der Waals surface area contributed by atoms with Gasteiger partial charge in [0.15, 0.2) is 0 Å². The highest BCUT2D eigenvalue weighted by molar-refractivity contribution is 6.01. The third-order valence-electron chi connectivity index (χ3n) is 2.85. The lowest BCUT2D eigenvalue weighted by molar-refractivity contribution is -0.119. The Morgan fingerprint density at radius 1 is 1.26 bits per heavy atom. The minimum atomic E-state index is -0.415. The van der Waals surface area contributed by atoms with E-state index >= 15 is 0 Å². The summed E-state index contributed by atoms with van der Waals surface area (Å²) in [6.45, 7) is 5.98. The molecule has 19 heavy (non-hydrogen) atoms. The molecule has 0 saturated heterocycles. The van der Waals surface area contributed by atoms with Crippen LogP contribution in [0.1, 0.15) is 44.0 Å². The third kappa shape index (κ3) is 4.39. The van der Waals surface area contributed by atoms with Crippen LogP contribution in [-0.4, -0.2) is 18.5 Å². The number of anilines is 1. The predicted molar refractivity (Wildman–Crippen MR) is 75.1 cm³/mol. The molecule has 0 aliphatic rings. The summed E-state index contributed by atoms with van der Waals surface area (Å²) in [6, 6.07) is 6.89. The number of esters is 1. The van der Waals surface area contributed by atoms with E-state index in [1.807, 2.05) is 13.8 Å². The van der Waals surface area contributed by atoms with Gasteiger partial charge >= 0.3 is 5.97 Å². The summed E-state index contributed by atoms with van der Waals surface area (Å²) in [5.74, 6) is -0.555. The van der Waals surface area contributed by atoms with Crippen molar-refractivity contribution in [3.63, 3.8) is 0 Å². The van der Waals surface area contributed by atoms with Gasteiger partial charge in [-0.2, -0.15) is 0 Å². The fourth-order valence-electron chi connectivity index (χ4n) is 1.80. The van der Waals surface area contributed by atoms with Crippen LogP contribution in [0.15, 0.2) is 24.3 Å². The van der Waals surface area contributed by atoms with Crippen LogP contribution in [0.3, 0.4) is 0 Å². The molecule has 0 saturated carbocycles. The molecule has 0 aliphatic carbocycles. The second kappa shape index (κ2) is 7.56. The first-order valence-electron chi connectivity index (χ1n) is 6.67. The van der Waals surface area contributed by atoms with Crippen LogP contribution in [0, 0.1) is 5.92 Å². The monoisotopic (exact) mass is 263 g/mol. The molecule has 104 valence electrons. The van der Waals surface area contributed by atoms with Crippen molar-refractivity contribution in [3.8, 4) is 0 Å². The van der Waals surface area contributed by atoms with Gasteiger partial charge in [-0.25, -0.2) is 4.79 Å². The van der Waals surface area contributed by atoms with Crippen molar-refractivity contribution in [3.05, 3.63) is 29.8 Å². The molecule has 1 rings (SSSR count). The van der Waals surface area contributed by atoms with Gasteiger partial charge < -0.3 is 10.1 Å². The van der Waals surface area contributed by atoms with E-state index in [1.54, 1.807) is 31.2 Å². The molecule has 4 nitrogen and oxygen atoms in total. The molecule has 1 atom stereocenters. The maximum Gasteiger partial charge on any atom is 0.340 e. The fraction of sp³-hybridized carbons (Fsp3) is 0.467. The van der Waals surface area contributed by atoms with Crippen molar-refractivity contribution in [2.24, 2.45) is 5.92 Å². The highest BCUT2D eigenvalue weighted by Gasteiger charge is 2.16. The molecule has 4 heteroatoms. The Bertz CT molecular complexity index is 443. The van der Waals surface area contributed by atoms with Crippen LogP contribution >= 0.6 is 0 Å². The molecular formula is C15H21NO3. The number of para-hydroxylation sites is 1. The van der Waals surface area contributed by atoms with Crippen LogP contribution in [-0.2, 0) is 9.53 Å². The van der Waals surface area contributed by atoms with E-state index < -0.39 is 5.97 Å². The minimum absolute atomic E-state index is 0.0692. The third-order valence-corrected chi connectivity index (χ3v) is 2.85. The Morgan fingerprint density at radius 2 is 1.95 bits per heavy atom. The van der Waals surface area contributed by atoms with Gasteiger partial charge in [0.05, 0.1) is 17.9 Å². The molecule has 0 radical (unpaired) electrons. The van der Waals surface area contributed by atoms with Crippen molar-refractivity contribution in [2.75, 3.05) is 11.9 Å². The van der Waals surface area contributed by atoms with Crippen molar-refractivity contribution >= 4 is 17.6 Å². The Hall–Kier alpha value is -1.84. The van der Waals surface area contributed by atoms with Crippen LogP contribution in [0.25, 0.3) is 0 Å². The lowest BCUT2D eigenvalue weighted by atomic mass is 10.0. The zero-order valence-electron chi connectivity index (χ0n) is 11.7. The number of amides is 1. The molecule has 0 aromatic heterocycles. The maximum absolute atomic E-state index is 12.0. The zero-order chi connectivity index (χ0) is 14.3. The van der Waals surface area contributed by atoms with E-state index in [0.717, 1.165) is 12.8 Å². The van der Waals surface area contributed by atoms with Gasteiger partial charge in [-0.1, -0.05) is 32.4 Å². The number of hydrogen-bond acceptors (Lipinski definition) is 3. The fourth-order valence-corrected chi connectivity index (χ4v) is 1.80. The molecule has 0 spiro atoms. The Kier molecular flexibility index (Phi) is 6.06. The highest BCUT2D eigenvalue weighted by Crippen LogP contribution is 2.18. The number of rotatable bonds is 6. The van der Waals surface area contributed by atoms with Gasteiger partial charge in [0.2, 0.25) is 5.91 Å². The minimum Gasteiger partial charge on any atom is -0.462 e. The summed E-state index contributed by atoms with van der Waals surface area (Å²) in [5, 5.41) is 2.79. The molecule has 0 bridgehead atoms. The van der Waals surface area contributed by atoms with Crippen molar-refractivity contribution in [1.29, 1.82) is 0 Å². The summed E-state index contributed by atoms with van der Waals surface area (Å²) in [6.07, 6.45) is 1.78. The van der Waals surface area contributed by atoms with E-state index in [0.29, 0.717) is 17.9 Å². The normalized spacial score (nSPS) is 11.7. The number of carbonyl (C=O) groups is 2. The van der Waals surface area contributed by atoms with Crippen molar-refractivity contribution < 1.29 is 14.3 Å². The summed E-state index contributed by atoms with van der Waals surface area (Å²) in [5.41, 5.74) is 0.898. The molecule has 0 fully saturated rings. The average molecular weight is 263 g/mol. The first-order valence-corrected chi connectivity index (χ1v) is 6.67. The van der Waals surface area contributed by atoms with Gasteiger partial charge in [0, 0.05) is 5.92 Å². The number of hydrogen-bond donors (Lipinski definition) is 1. The smallest absolute Gasteiger partial charge is 0.340 e. The number of nitrogens with one attached hydrogen (secondary N) is 1. The summed E-state index contributed by atoms with van der Waals surface area (Å²) < 4.78 is 4.97. The molecule has 0 unspecified atom stereocenters. The van der Waals surface area contributed by atoms with E-state index in [9.17, 15) is 9.59 Å². The lowest BCUT2D eigenvalue weighted by Gasteiger charge is -2.13. The van der Waals surface area contributed by atoms with E-state index in [4.69, 9.17) is 4.74 Å².